The quantitative estimate of drug-likeness (QED) is 0.544. The lowest BCUT2D eigenvalue weighted by Gasteiger charge is -2.18. The van der Waals surface area contributed by atoms with Gasteiger partial charge in [-0.3, -0.25) is 4.79 Å². The topological polar surface area (TPSA) is 125 Å². The summed E-state index contributed by atoms with van der Waals surface area (Å²) < 4.78 is 11.9. The number of aromatic nitrogens is 4. The highest BCUT2D eigenvalue weighted by molar-refractivity contribution is 7.17. The Balaban J connectivity index is 1.47. The molecule has 0 radical (unpaired) electrons. The minimum absolute atomic E-state index is 0.189. The van der Waals surface area contributed by atoms with E-state index in [4.69, 9.17) is 9.47 Å². The third kappa shape index (κ3) is 4.87. The lowest BCUT2D eigenvalue weighted by atomic mass is 9.88. The van der Waals surface area contributed by atoms with Crippen molar-refractivity contribution in [2.24, 2.45) is 5.92 Å². The van der Waals surface area contributed by atoms with E-state index in [0.717, 1.165) is 35.4 Å². The van der Waals surface area contributed by atoms with Crippen molar-refractivity contribution in [1.29, 1.82) is 0 Å². The summed E-state index contributed by atoms with van der Waals surface area (Å²) in [7, 11) is 0. The van der Waals surface area contributed by atoms with Crippen LogP contribution >= 0.6 is 11.3 Å². The molecule has 1 unspecified atom stereocenters. The molecule has 33 heavy (non-hydrogen) atoms. The molecule has 3 aromatic heterocycles. The molecule has 1 amide bonds. The Hall–Kier alpha value is -3.34. The summed E-state index contributed by atoms with van der Waals surface area (Å²) in [6.45, 7) is 6.98. The molecule has 1 aliphatic carbocycles. The molecular weight excluding hydrogens is 446 g/mol. The predicted molar refractivity (Wildman–Crippen MR) is 120 cm³/mol. The van der Waals surface area contributed by atoms with E-state index in [2.05, 4.69) is 27.3 Å². The monoisotopic (exact) mass is 471 g/mol. The van der Waals surface area contributed by atoms with Crippen molar-refractivity contribution < 1.29 is 23.9 Å². The highest BCUT2D eigenvalue weighted by Gasteiger charge is 2.30. The Morgan fingerprint density at radius 3 is 2.82 bits per heavy atom. The number of aryl methyl sites for hydroxylation is 1. The number of anilines is 1. The van der Waals surface area contributed by atoms with Crippen molar-refractivity contribution in [1.82, 2.24) is 19.6 Å². The first kappa shape index (κ1) is 22.8. The van der Waals surface area contributed by atoms with Gasteiger partial charge in [0.1, 0.15) is 5.00 Å². The zero-order valence-corrected chi connectivity index (χ0v) is 19.7. The molecule has 0 saturated heterocycles. The van der Waals surface area contributed by atoms with Crippen LogP contribution in [0.1, 0.15) is 64.3 Å². The Morgan fingerprint density at radius 2 is 2.09 bits per heavy atom. The third-order valence-electron chi connectivity index (χ3n) is 5.26. The summed E-state index contributed by atoms with van der Waals surface area (Å²) >= 11 is 1.38. The smallest absolute Gasteiger partial charge is 0.378 e. The number of hydrogen-bond donors (Lipinski definition) is 1. The average Bonchev–Trinajstić information content (AvgIpc) is 3.33. The van der Waals surface area contributed by atoms with E-state index in [-0.39, 0.29) is 17.7 Å². The summed E-state index contributed by atoms with van der Waals surface area (Å²) in [6, 6.07) is 1.73. The van der Waals surface area contributed by atoms with Gasteiger partial charge in [0.05, 0.1) is 11.7 Å². The zero-order valence-electron chi connectivity index (χ0n) is 18.9. The molecule has 0 spiro atoms. The summed E-state index contributed by atoms with van der Waals surface area (Å²) in [5, 5.41) is 7.21. The molecule has 0 fully saturated rings. The Bertz CT molecular complexity index is 1230. The van der Waals surface area contributed by atoms with Crippen molar-refractivity contribution >= 4 is 40.0 Å². The van der Waals surface area contributed by atoms with Crippen LogP contribution in [0.2, 0.25) is 0 Å². The van der Waals surface area contributed by atoms with Gasteiger partial charge in [0.2, 0.25) is 0 Å². The molecule has 3 heterocycles. The second kappa shape index (κ2) is 9.26. The molecule has 11 heteroatoms. The van der Waals surface area contributed by atoms with Crippen LogP contribution in [0.25, 0.3) is 5.78 Å². The highest BCUT2D eigenvalue weighted by atomic mass is 32.1. The third-order valence-corrected chi connectivity index (χ3v) is 6.43. The van der Waals surface area contributed by atoms with Crippen molar-refractivity contribution in [3.8, 4) is 0 Å². The van der Waals surface area contributed by atoms with Crippen molar-refractivity contribution in [2.45, 2.75) is 53.1 Å². The summed E-state index contributed by atoms with van der Waals surface area (Å²) in [5.74, 6) is -1.28. The normalized spacial score (nSPS) is 15.4. The van der Waals surface area contributed by atoms with Gasteiger partial charge < -0.3 is 14.8 Å². The minimum atomic E-state index is -0.839. The van der Waals surface area contributed by atoms with Gasteiger partial charge in [-0.1, -0.05) is 6.92 Å². The highest BCUT2D eigenvalue weighted by Crippen LogP contribution is 2.40. The fraction of sp³-hybridized carbons (Fsp3) is 0.455. The number of hydrogen-bond acceptors (Lipinski definition) is 9. The van der Waals surface area contributed by atoms with E-state index >= 15 is 0 Å². The number of ether oxygens (including phenoxy) is 2. The van der Waals surface area contributed by atoms with Crippen LogP contribution < -0.4 is 5.32 Å². The maximum Gasteiger partial charge on any atom is 0.378 e. The zero-order chi connectivity index (χ0) is 23.7. The van der Waals surface area contributed by atoms with Gasteiger partial charge in [0.15, 0.2) is 6.61 Å². The number of rotatable bonds is 6. The average molecular weight is 472 g/mol. The summed E-state index contributed by atoms with van der Waals surface area (Å²) in [4.78, 5) is 46.8. The van der Waals surface area contributed by atoms with Crippen LogP contribution in [-0.2, 0) is 27.1 Å². The Kier molecular flexibility index (Phi) is 6.41. The second-order valence-corrected chi connectivity index (χ2v) is 9.47. The van der Waals surface area contributed by atoms with E-state index in [1.807, 2.05) is 0 Å². The fourth-order valence-electron chi connectivity index (χ4n) is 3.68. The van der Waals surface area contributed by atoms with Crippen molar-refractivity contribution in [3.05, 3.63) is 39.8 Å². The molecular formula is C22H25N5O5S. The molecule has 3 aromatic rings. The first-order chi connectivity index (χ1) is 15.7. The van der Waals surface area contributed by atoms with E-state index in [1.54, 1.807) is 33.0 Å². The second-order valence-electron chi connectivity index (χ2n) is 8.37. The standard InChI is InChI=1S/C22H25N5O5S/c1-11(2)32-20(29)17-14-6-5-12(3)9-15(14)33-19(17)24-16(28)10-31-21(30)18-25-22-23-8-7-13(4)27(22)26-18/h7-8,11-12H,5-6,9-10H2,1-4H3,(H,24,28). The number of nitrogens with zero attached hydrogens (tertiary/aromatic N) is 4. The molecule has 0 aliphatic heterocycles. The van der Waals surface area contributed by atoms with Crippen LogP contribution in [0.3, 0.4) is 0 Å². The van der Waals surface area contributed by atoms with Crippen LogP contribution in [-0.4, -0.2) is 50.1 Å². The molecule has 0 saturated carbocycles. The summed E-state index contributed by atoms with van der Waals surface area (Å²) in [5.41, 5.74) is 2.09. The number of carbonyl (C=O) groups is 3. The number of nitrogens with one attached hydrogen (secondary N) is 1. The molecule has 1 N–H and O–H groups in total. The molecule has 1 aliphatic rings. The lowest BCUT2D eigenvalue weighted by molar-refractivity contribution is -0.119. The maximum atomic E-state index is 12.8. The number of esters is 2. The fourth-order valence-corrected chi connectivity index (χ4v) is 5.09. The van der Waals surface area contributed by atoms with Gasteiger partial charge in [-0.15, -0.1) is 16.4 Å². The summed E-state index contributed by atoms with van der Waals surface area (Å²) in [6.07, 6.45) is 3.85. The maximum absolute atomic E-state index is 12.8. The van der Waals surface area contributed by atoms with Crippen LogP contribution in [0.4, 0.5) is 5.00 Å². The van der Waals surface area contributed by atoms with E-state index in [1.165, 1.54) is 15.9 Å². The molecule has 174 valence electrons. The van der Waals surface area contributed by atoms with Gasteiger partial charge in [0.25, 0.3) is 17.5 Å². The molecule has 1 atom stereocenters. The largest absolute Gasteiger partial charge is 0.459 e. The first-order valence-electron chi connectivity index (χ1n) is 10.7. The number of amides is 1. The van der Waals surface area contributed by atoms with E-state index in [9.17, 15) is 14.4 Å². The predicted octanol–water partition coefficient (Wildman–Crippen LogP) is 2.98. The molecule has 10 nitrogen and oxygen atoms in total. The van der Waals surface area contributed by atoms with Gasteiger partial charge >= 0.3 is 11.9 Å². The van der Waals surface area contributed by atoms with Crippen LogP contribution in [0, 0.1) is 12.8 Å². The van der Waals surface area contributed by atoms with Gasteiger partial charge in [-0.25, -0.2) is 19.1 Å². The van der Waals surface area contributed by atoms with Crippen molar-refractivity contribution in [2.75, 3.05) is 11.9 Å². The van der Waals surface area contributed by atoms with Crippen molar-refractivity contribution in [3.63, 3.8) is 0 Å². The molecule has 0 aromatic carbocycles. The minimum Gasteiger partial charge on any atom is -0.459 e. The number of thiophene rings is 1. The van der Waals surface area contributed by atoms with Gasteiger partial charge in [0, 0.05) is 16.8 Å². The van der Waals surface area contributed by atoms with Gasteiger partial charge in [-0.2, -0.15) is 4.98 Å². The Labute approximate surface area is 194 Å². The molecule has 0 bridgehead atoms. The molecule has 4 rings (SSSR count). The van der Waals surface area contributed by atoms with E-state index < -0.39 is 24.5 Å². The number of fused-ring (bicyclic) bond motifs is 2. The lowest BCUT2D eigenvalue weighted by Crippen LogP contribution is -2.23. The number of carbonyl (C=O) groups excluding carboxylic acids is 3. The van der Waals surface area contributed by atoms with Gasteiger partial charge in [-0.05, 0) is 57.6 Å². The Morgan fingerprint density at radius 1 is 1.30 bits per heavy atom. The van der Waals surface area contributed by atoms with Crippen LogP contribution in [0.5, 0.6) is 0 Å². The SMILES string of the molecule is Cc1ccnc2nc(C(=O)OCC(=O)Nc3sc4c(c3C(=O)OC(C)C)CCC(C)C4)nn12. The van der Waals surface area contributed by atoms with E-state index in [0.29, 0.717) is 16.5 Å². The van der Waals surface area contributed by atoms with Crippen LogP contribution in [0.15, 0.2) is 12.3 Å². The first-order valence-corrected chi connectivity index (χ1v) is 11.6.